The normalized spacial score (nSPS) is 23.5. The van der Waals surface area contributed by atoms with E-state index in [4.69, 9.17) is 9.47 Å². The van der Waals surface area contributed by atoms with Gasteiger partial charge >= 0.3 is 0 Å². The fourth-order valence-corrected chi connectivity index (χ4v) is 3.53. The highest BCUT2D eigenvalue weighted by molar-refractivity contribution is 6.45. The van der Waals surface area contributed by atoms with Gasteiger partial charge in [0.05, 0.1) is 11.7 Å². The van der Waals surface area contributed by atoms with Crippen molar-refractivity contribution in [2.75, 3.05) is 13.2 Å². The molecule has 0 bridgehead atoms. The number of nitrogens with two attached hydrogens (primary N) is 1. The third-order valence-corrected chi connectivity index (χ3v) is 5.01. The lowest BCUT2D eigenvalue weighted by Gasteiger charge is -2.26. The maximum absolute atomic E-state index is 12.8. The Morgan fingerprint density at radius 3 is 2.71 bits per heavy atom. The molecule has 1 aliphatic carbocycles. The van der Waals surface area contributed by atoms with E-state index in [2.05, 4.69) is 15.7 Å². The molecule has 0 aromatic heterocycles. The van der Waals surface area contributed by atoms with Gasteiger partial charge in [0.2, 0.25) is 5.71 Å². The van der Waals surface area contributed by atoms with Crippen LogP contribution in [-0.4, -0.2) is 48.0 Å². The molecule has 28 heavy (non-hydrogen) atoms. The molecule has 2 aliphatic heterocycles. The summed E-state index contributed by atoms with van der Waals surface area (Å²) in [6.45, 7) is 0.812. The highest BCUT2D eigenvalue weighted by atomic mass is 16.6. The zero-order valence-corrected chi connectivity index (χ0v) is 15.3. The van der Waals surface area contributed by atoms with Crippen molar-refractivity contribution in [1.82, 2.24) is 10.6 Å². The van der Waals surface area contributed by atoms with Gasteiger partial charge in [0.15, 0.2) is 11.5 Å². The third-order valence-electron chi connectivity index (χ3n) is 5.01. The fraction of sp³-hybridized carbons (Fsp3) is 0.421. The number of carbonyl (C=O) groups is 2. The van der Waals surface area contributed by atoms with Crippen LogP contribution in [0.5, 0.6) is 11.5 Å². The van der Waals surface area contributed by atoms with Crippen LogP contribution in [0.15, 0.2) is 35.2 Å². The molecule has 1 saturated carbocycles. The minimum absolute atomic E-state index is 0.00263. The van der Waals surface area contributed by atoms with E-state index in [1.807, 2.05) is 0 Å². The lowest BCUT2D eigenvalue weighted by Crippen LogP contribution is -2.69. The molecule has 2 amide bonds. The zero-order chi connectivity index (χ0) is 19.5. The first-order valence-electron chi connectivity index (χ1n) is 9.42. The molecule has 5 N–H and O–H groups in total. The number of benzene rings is 1. The van der Waals surface area contributed by atoms with Crippen molar-refractivity contribution in [3.63, 3.8) is 0 Å². The molecule has 0 radical (unpaired) electrons. The van der Waals surface area contributed by atoms with Gasteiger partial charge in [-0.2, -0.15) is 5.43 Å². The molecule has 4 rings (SSSR count). The monoisotopic (exact) mass is 387 g/mol. The molecular formula is C19H23N4O5+. The summed E-state index contributed by atoms with van der Waals surface area (Å²) in [6.07, 6.45) is 4.09. The van der Waals surface area contributed by atoms with Crippen molar-refractivity contribution in [2.45, 2.75) is 37.8 Å². The highest BCUT2D eigenvalue weighted by Gasteiger charge is 2.30. The Bertz CT molecular complexity index is 843. The van der Waals surface area contributed by atoms with Gasteiger partial charge in [0.25, 0.3) is 11.8 Å². The molecule has 1 aromatic carbocycles. The number of aliphatic hydroxyl groups excluding tert-OH is 1. The lowest BCUT2D eigenvalue weighted by molar-refractivity contribution is -0.590. The molecule has 2 heterocycles. The number of rotatable bonds is 4. The molecule has 1 aromatic rings. The maximum atomic E-state index is 12.8. The molecule has 0 spiro atoms. The molecule has 148 valence electrons. The van der Waals surface area contributed by atoms with E-state index in [1.54, 1.807) is 24.4 Å². The first kappa shape index (κ1) is 18.5. The average Bonchev–Trinajstić information content (AvgIpc) is 3.17. The smallest absolute Gasteiger partial charge is 0.278 e. The summed E-state index contributed by atoms with van der Waals surface area (Å²) in [7, 11) is 0. The number of nitrogens with one attached hydrogen (secondary N) is 2. The van der Waals surface area contributed by atoms with E-state index >= 15 is 0 Å². The van der Waals surface area contributed by atoms with Crippen molar-refractivity contribution in [1.29, 1.82) is 0 Å². The van der Waals surface area contributed by atoms with Gasteiger partial charge in [-0.05, 0) is 37.8 Å². The minimum atomic E-state index is -0.398. The number of hydrogen-bond acceptors (Lipinski definition) is 6. The first-order chi connectivity index (χ1) is 13.6. The first-order valence-corrected chi connectivity index (χ1v) is 9.42. The van der Waals surface area contributed by atoms with Crippen molar-refractivity contribution >= 4 is 17.5 Å². The number of ether oxygens (including phenoxy) is 2. The standard InChI is InChI=1S/C19H22N4O5/c24-12-6-4-11(5-7-12)21-19(26)16-14(10-20-23-16)22-18(25)13-2-1-3-15-17(13)28-9-8-27-15/h1-3,10-12,24H,4-9H2,(H,20,23)(H,21,26)(H,22,25)/p+1. The van der Waals surface area contributed by atoms with Crippen molar-refractivity contribution in [3.05, 3.63) is 35.7 Å². The second kappa shape index (κ2) is 7.99. The predicted molar refractivity (Wildman–Crippen MR) is 98.7 cm³/mol. The quantitative estimate of drug-likeness (QED) is 0.513. The Hall–Kier alpha value is -2.91. The summed E-state index contributed by atoms with van der Waals surface area (Å²) in [4.78, 5) is 25.3. The molecule has 9 heteroatoms. The maximum Gasteiger partial charge on any atom is 0.278 e. The van der Waals surface area contributed by atoms with E-state index in [1.165, 1.54) is 5.43 Å². The van der Waals surface area contributed by atoms with Gasteiger partial charge < -0.3 is 25.2 Å². The number of hydrogen-bond donors (Lipinski definition) is 4. The summed E-state index contributed by atoms with van der Waals surface area (Å²) < 4.78 is 11.1. The second-order valence-electron chi connectivity index (χ2n) is 6.97. The van der Waals surface area contributed by atoms with Crippen LogP contribution in [-0.2, 0) is 4.79 Å². The molecule has 0 saturated heterocycles. The summed E-state index contributed by atoms with van der Waals surface area (Å²) in [5, 5.41) is 19.4. The summed E-state index contributed by atoms with van der Waals surface area (Å²) in [6, 6.07) is 5.11. The van der Waals surface area contributed by atoms with Gasteiger partial charge in [-0.25, -0.2) is 0 Å². The Kier molecular flexibility index (Phi) is 5.27. The lowest BCUT2D eigenvalue weighted by atomic mass is 9.93. The van der Waals surface area contributed by atoms with E-state index in [0.29, 0.717) is 48.8 Å². The summed E-state index contributed by atoms with van der Waals surface area (Å²) in [5.41, 5.74) is 2.33. The van der Waals surface area contributed by atoms with Crippen LogP contribution in [0.1, 0.15) is 36.0 Å². The largest absolute Gasteiger partial charge is 0.486 e. The molecule has 0 unspecified atom stereocenters. The minimum Gasteiger partial charge on any atom is -0.486 e. The van der Waals surface area contributed by atoms with E-state index in [9.17, 15) is 14.7 Å². The van der Waals surface area contributed by atoms with Gasteiger partial charge in [0, 0.05) is 6.04 Å². The van der Waals surface area contributed by atoms with Crippen LogP contribution >= 0.6 is 0 Å². The summed E-state index contributed by atoms with van der Waals surface area (Å²) >= 11 is 0. The zero-order valence-electron chi connectivity index (χ0n) is 15.3. The van der Waals surface area contributed by atoms with Gasteiger partial charge in [-0.1, -0.05) is 11.2 Å². The van der Waals surface area contributed by atoms with Gasteiger partial charge in [-0.3, -0.25) is 9.59 Å². The molecular weight excluding hydrogens is 364 g/mol. The average molecular weight is 387 g/mol. The topological polar surface area (TPSA) is 126 Å². The number of para-hydroxylation sites is 1. The van der Waals surface area contributed by atoms with E-state index in [-0.39, 0.29) is 23.8 Å². The second-order valence-corrected chi connectivity index (χ2v) is 6.97. The fourth-order valence-electron chi connectivity index (χ4n) is 3.53. The number of nitrogens with zero attached hydrogens (tertiary/aromatic N) is 1. The Labute approximate surface area is 161 Å². The van der Waals surface area contributed by atoms with Crippen LogP contribution in [0.3, 0.4) is 0 Å². The number of fused-ring (bicyclic) bond motifs is 1. The highest BCUT2D eigenvalue weighted by Crippen LogP contribution is 2.33. The number of aliphatic hydroxyl groups is 1. The van der Waals surface area contributed by atoms with Crippen LogP contribution in [0.25, 0.3) is 0 Å². The Morgan fingerprint density at radius 2 is 1.89 bits per heavy atom. The predicted octanol–water partition coefficient (Wildman–Crippen LogP) is -0.618. The number of quaternary nitrogens is 1. The van der Waals surface area contributed by atoms with Crippen LogP contribution in [0, 0.1) is 0 Å². The number of carbonyl (C=O) groups excluding carboxylic acids is 2. The van der Waals surface area contributed by atoms with Crippen LogP contribution < -0.4 is 25.5 Å². The molecule has 1 fully saturated rings. The Morgan fingerprint density at radius 1 is 1.11 bits per heavy atom. The van der Waals surface area contributed by atoms with Crippen LogP contribution in [0.2, 0.25) is 0 Å². The SMILES string of the molecule is O=C(NC1CCC(O)CC1)C1=N[NH2+]C=C1NC(=O)c1cccc2c1OCCO2. The van der Waals surface area contributed by atoms with E-state index in [0.717, 1.165) is 12.8 Å². The van der Waals surface area contributed by atoms with Crippen molar-refractivity contribution in [3.8, 4) is 11.5 Å². The van der Waals surface area contributed by atoms with Gasteiger partial charge in [-0.15, -0.1) is 0 Å². The van der Waals surface area contributed by atoms with Gasteiger partial charge in [0.1, 0.15) is 25.1 Å². The Balaban J connectivity index is 1.41. The third kappa shape index (κ3) is 3.85. The van der Waals surface area contributed by atoms with Crippen LogP contribution in [0.4, 0.5) is 0 Å². The molecule has 9 nitrogen and oxygen atoms in total. The molecule has 3 aliphatic rings. The van der Waals surface area contributed by atoms with Crippen molar-refractivity contribution in [2.24, 2.45) is 5.10 Å². The number of amides is 2. The van der Waals surface area contributed by atoms with E-state index < -0.39 is 5.91 Å². The molecule has 0 atom stereocenters. The summed E-state index contributed by atoms with van der Waals surface area (Å²) in [5.74, 6) is 0.191. The van der Waals surface area contributed by atoms with Crippen molar-refractivity contribution < 1.29 is 29.6 Å².